The van der Waals surface area contributed by atoms with E-state index in [0.29, 0.717) is 21.9 Å². The van der Waals surface area contributed by atoms with Gasteiger partial charge in [0.15, 0.2) is 5.11 Å². The topological polar surface area (TPSA) is 84.7 Å². The summed E-state index contributed by atoms with van der Waals surface area (Å²) in [5, 5.41) is 14.7. The Hall–Kier alpha value is -3.26. The van der Waals surface area contributed by atoms with E-state index in [9.17, 15) is 14.9 Å². The molecule has 2 aromatic rings. The fourth-order valence-corrected chi connectivity index (χ4v) is 3.72. The average Bonchev–Trinajstić information content (AvgIpc) is 2.69. The molecule has 150 valence electrons. The van der Waals surface area contributed by atoms with Crippen LogP contribution in [-0.2, 0) is 9.53 Å². The van der Waals surface area contributed by atoms with Gasteiger partial charge in [-0.3, -0.25) is 15.0 Å². The summed E-state index contributed by atoms with van der Waals surface area (Å²) >= 11 is 5.59. The lowest BCUT2D eigenvalue weighted by Gasteiger charge is -2.37. The lowest BCUT2D eigenvalue weighted by atomic mass is 9.94. The highest BCUT2D eigenvalue weighted by Gasteiger charge is 2.35. The van der Waals surface area contributed by atoms with Crippen LogP contribution in [0.25, 0.3) is 0 Å². The first-order chi connectivity index (χ1) is 13.7. The number of hydrogen-bond donors (Lipinski definition) is 1. The molecule has 8 heteroatoms. The number of nitrogens with one attached hydrogen (secondary N) is 1. The summed E-state index contributed by atoms with van der Waals surface area (Å²) in [6.45, 7) is 5.82. The van der Waals surface area contributed by atoms with Gasteiger partial charge in [-0.1, -0.05) is 18.2 Å². The molecule has 1 N–H and O–H groups in total. The van der Waals surface area contributed by atoms with Crippen molar-refractivity contribution in [1.82, 2.24) is 5.32 Å². The number of nitro groups is 1. The third-order valence-electron chi connectivity index (χ3n) is 5.05. The van der Waals surface area contributed by atoms with Crippen LogP contribution in [0.2, 0.25) is 0 Å². The highest BCUT2D eigenvalue weighted by Crippen LogP contribution is 2.35. The zero-order chi connectivity index (χ0) is 21.3. The van der Waals surface area contributed by atoms with E-state index in [4.69, 9.17) is 17.0 Å². The molecule has 0 bridgehead atoms. The zero-order valence-electron chi connectivity index (χ0n) is 16.6. The van der Waals surface area contributed by atoms with Crippen LogP contribution < -0.4 is 10.2 Å². The van der Waals surface area contributed by atoms with Gasteiger partial charge < -0.3 is 10.1 Å². The maximum atomic E-state index is 12.7. The number of nitrogens with zero attached hydrogens (tertiary/aromatic N) is 2. The molecule has 1 aliphatic heterocycles. The SMILES string of the molecule is COC(=O)C1=C(C)N(c2ccc(C)c(C)c2)C(=S)N[C@@H]1c1cccc([N+](=O)[O-])c1. The van der Waals surface area contributed by atoms with Crippen molar-refractivity contribution in [2.75, 3.05) is 12.0 Å². The van der Waals surface area contributed by atoms with Crippen LogP contribution in [-0.4, -0.2) is 23.1 Å². The summed E-state index contributed by atoms with van der Waals surface area (Å²) in [6, 6.07) is 11.4. The normalized spacial score (nSPS) is 16.5. The van der Waals surface area contributed by atoms with Crippen LogP contribution >= 0.6 is 12.2 Å². The van der Waals surface area contributed by atoms with Gasteiger partial charge in [-0.05, 0) is 61.8 Å². The number of allylic oxidation sites excluding steroid dienone is 1. The second-order valence-corrected chi connectivity index (χ2v) is 7.22. The number of carbonyl (C=O) groups excluding carboxylic acids is 1. The Balaban J connectivity index is 2.15. The van der Waals surface area contributed by atoms with Crippen molar-refractivity contribution in [3.63, 3.8) is 0 Å². The number of aryl methyl sites for hydroxylation is 2. The van der Waals surface area contributed by atoms with E-state index >= 15 is 0 Å². The molecule has 1 heterocycles. The predicted octanol–water partition coefficient (Wildman–Crippen LogP) is 4.09. The van der Waals surface area contributed by atoms with E-state index in [1.165, 1.54) is 19.2 Å². The monoisotopic (exact) mass is 411 g/mol. The molecule has 1 atom stereocenters. The van der Waals surface area contributed by atoms with Crippen LogP contribution in [0.5, 0.6) is 0 Å². The van der Waals surface area contributed by atoms with Gasteiger partial charge in [-0.25, -0.2) is 4.79 Å². The number of nitro benzene ring substituents is 1. The molecule has 29 heavy (non-hydrogen) atoms. The van der Waals surface area contributed by atoms with E-state index in [-0.39, 0.29) is 5.69 Å². The molecule has 0 unspecified atom stereocenters. The largest absolute Gasteiger partial charge is 0.466 e. The number of ether oxygens (including phenoxy) is 1. The van der Waals surface area contributed by atoms with Gasteiger partial charge in [-0.2, -0.15) is 0 Å². The molecule has 1 aliphatic rings. The predicted molar refractivity (Wildman–Crippen MR) is 115 cm³/mol. The van der Waals surface area contributed by atoms with E-state index in [1.807, 2.05) is 32.0 Å². The smallest absolute Gasteiger partial charge is 0.337 e. The van der Waals surface area contributed by atoms with Crippen LogP contribution in [0.1, 0.15) is 29.7 Å². The fourth-order valence-electron chi connectivity index (χ4n) is 3.36. The highest BCUT2D eigenvalue weighted by atomic mass is 32.1. The second-order valence-electron chi connectivity index (χ2n) is 6.83. The molecule has 3 rings (SSSR count). The molecule has 0 saturated carbocycles. The van der Waals surface area contributed by atoms with Crippen LogP contribution in [0.4, 0.5) is 11.4 Å². The van der Waals surface area contributed by atoms with Gasteiger partial charge in [0.05, 0.1) is 23.6 Å². The Labute approximate surface area is 174 Å². The number of hydrogen-bond acceptors (Lipinski definition) is 5. The standard InChI is InChI=1S/C21H21N3O4S/c1-12-8-9-16(10-13(12)2)23-14(3)18(20(25)28-4)19(22-21(23)29)15-6-5-7-17(11-15)24(26)27/h5-11,19H,1-4H3,(H,22,29)/t19-/m1/s1. The maximum Gasteiger partial charge on any atom is 0.337 e. The summed E-state index contributed by atoms with van der Waals surface area (Å²) in [6.07, 6.45) is 0. The quantitative estimate of drug-likeness (QED) is 0.351. The molecule has 0 radical (unpaired) electrons. The number of thiocarbonyl (C=S) groups is 1. The van der Waals surface area contributed by atoms with Gasteiger partial charge >= 0.3 is 5.97 Å². The molecule has 0 spiro atoms. The van der Waals surface area contributed by atoms with E-state index in [0.717, 1.165) is 16.8 Å². The number of carbonyl (C=O) groups is 1. The number of esters is 1. The van der Waals surface area contributed by atoms with Crippen molar-refractivity contribution < 1.29 is 14.5 Å². The first-order valence-corrected chi connectivity index (χ1v) is 9.36. The Kier molecular flexibility index (Phi) is 5.65. The van der Waals surface area contributed by atoms with Gasteiger partial charge in [0.25, 0.3) is 5.69 Å². The molecule has 0 aromatic heterocycles. The van der Waals surface area contributed by atoms with Crippen molar-refractivity contribution in [3.8, 4) is 0 Å². The Morgan fingerprint density at radius 3 is 2.52 bits per heavy atom. The summed E-state index contributed by atoms with van der Waals surface area (Å²) in [5.41, 5.74) is 4.52. The van der Waals surface area contributed by atoms with Crippen molar-refractivity contribution in [3.05, 3.63) is 80.5 Å². The average molecular weight is 411 g/mol. The number of anilines is 1. The third kappa shape index (κ3) is 3.84. The number of benzene rings is 2. The van der Waals surface area contributed by atoms with E-state index in [2.05, 4.69) is 5.32 Å². The molecule has 2 aromatic carbocycles. The van der Waals surface area contributed by atoms with Gasteiger partial charge in [0.2, 0.25) is 0 Å². The summed E-state index contributed by atoms with van der Waals surface area (Å²) < 4.78 is 5.01. The molecular formula is C21H21N3O4S. The van der Waals surface area contributed by atoms with Crippen LogP contribution in [0.3, 0.4) is 0 Å². The summed E-state index contributed by atoms with van der Waals surface area (Å²) in [4.78, 5) is 25.1. The van der Waals surface area contributed by atoms with Gasteiger partial charge in [0, 0.05) is 23.5 Å². The molecule has 0 saturated heterocycles. The van der Waals surface area contributed by atoms with Gasteiger partial charge in [-0.15, -0.1) is 0 Å². The fraction of sp³-hybridized carbons (Fsp3) is 0.238. The lowest BCUT2D eigenvalue weighted by Crippen LogP contribution is -2.48. The number of methoxy groups -OCH3 is 1. The van der Waals surface area contributed by atoms with Crippen molar-refractivity contribution in [1.29, 1.82) is 0 Å². The van der Waals surface area contributed by atoms with Crippen molar-refractivity contribution in [2.24, 2.45) is 0 Å². The Bertz CT molecular complexity index is 1050. The Morgan fingerprint density at radius 1 is 1.17 bits per heavy atom. The maximum absolute atomic E-state index is 12.7. The molecular weight excluding hydrogens is 390 g/mol. The first kappa shape index (κ1) is 20.5. The van der Waals surface area contributed by atoms with Crippen molar-refractivity contribution >= 4 is 34.7 Å². The molecule has 0 aliphatic carbocycles. The molecule has 7 nitrogen and oxygen atoms in total. The highest BCUT2D eigenvalue weighted by molar-refractivity contribution is 7.80. The third-order valence-corrected chi connectivity index (χ3v) is 5.35. The van der Waals surface area contributed by atoms with Crippen molar-refractivity contribution in [2.45, 2.75) is 26.8 Å². The molecule has 0 amide bonds. The zero-order valence-corrected chi connectivity index (χ0v) is 17.4. The van der Waals surface area contributed by atoms with Crippen LogP contribution in [0, 0.1) is 24.0 Å². The minimum absolute atomic E-state index is 0.0614. The minimum atomic E-state index is -0.655. The van der Waals surface area contributed by atoms with Crippen LogP contribution in [0.15, 0.2) is 53.7 Å². The van der Waals surface area contributed by atoms with Gasteiger partial charge in [0.1, 0.15) is 0 Å². The van der Waals surface area contributed by atoms with E-state index in [1.54, 1.807) is 24.0 Å². The number of rotatable bonds is 4. The second kappa shape index (κ2) is 8.00. The Morgan fingerprint density at radius 2 is 1.90 bits per heavy atom. The first-order valence-electron chi connectivity index (χ1n) is 8.96. The van der Waals surface area contributed by atoms with E-state index < -0.39 is 16.9 Å². The lowest BCUT2D eigenvalue weighted by molar-refractivity contribution is -0.384. The number of non-ortho nitro benzene ring substituents is 1. The minimum Gasteiger partial charge on any atom is -0.466 e. The summed E-state index contributed by atoms with van der Waals surface area (Å²) in [5.74, 6) is -0.525. The summed E-state index contributed by atoms with van der Waals surface area (Å²) in [7, 11) is 1.31. The molecule has 0 fully saturated rings.